The van der Waals surface area contributed by atoms with E-state index in [2.05, 4.69) is 75.2 Å². The number of fused-ring (bicyclic) bond motifs is 6. The molecule has 0 N–H and O–H groups in total. The minimum absolute atomic E-state index is 0.120. The highest BCUT2D eigenvalue weighted by molar-refractivity contribution is 6.09. The molecule has 0 fully saturated rings. The first-order chi connectivity index (χ1) is 23.7. The normalized spacial score (nSPS) is 12.0. The van der Waals surface area contributed by atoms with Gasteiger partial charge in [-0.15, -0.1) is 0 Å². The van der Waals surface area contributed by atoms with Crippen LogP contribution in [0.5, 0.6) is 11.5 Å². The summed E-state index contributed by atoms with van der Waals surface area (Å²) in [5.74, 6) is 1.51. The van der Waals surface area contributed by atoms with E-state index in [-0.39, 0.29) is 6.79 Å². The number of hydrogen-bond donors (Lipinski definition) is 0. The van der Waals surface area contributed by atoms with Crippen molar-refractivity contribution in [3.05, 3.63) is 152 Å². The number of para-hydroxylation sites is 1. The van der Waals surface area contributed by atoms with E-state index in [1.165, 1.54) is 0 Å². The molecule has 6 nitrogen and oxygen atoms in total. The summed E-state index contributed by atoms with van der Waals surface area (Å²) in [6, 6.07) is 43.9. The smallest absolute Gasteiger partial charge is 0.230 e. The molecule has 0 radical (unpaired) electrons. The minimum atomic E-state index is 0.120. The van der Waals surface area contributed by atoms with Crippen LogP contribution in [0.25, 0.3) is 72.0 Å². The van der Waals surface area contributed by atoms with Crippen molar-refractivity contribution < 1.29 is 9.47 Å². The van der Waals surface area contributed by atoms with Crippen LogP contribution in [0.3, 0.4) is 0 Å². The van der Waals surface area contributed by atoms with Crippen molar-refractivity contribution in [2.45, 2.75) is 0 Å². The van der Waals surface area contributed by atoms with Gasteiger partial charge in [-0.1, -0.05) is 24.3 Å². The third-order valence-corrected chi connectivity index (χ3v) is 9.02. The van der Waals surface area contributed by atoms with Crippen LogP contribution in [-0.2, 0) is 0 Å². The lowest BCUT2D eigenvalue weighted by molar-refractivity contribution is 0.125. The van der Waals surface area contributed by atoms with Gasteiger partial charge in [0.1, 0.15) is 11.5 Å². The Balaban J connectivity index is 1.23. The second-order valence-electron chi connectivity index (χ2n) is 11.8. The van der Waals surface area contributed by atoms with Crippen LogP contribution in [0.1, 0.15) is 5.56 Å². The Kier molecular flexibility index (Phi) is 6.48. The largest absolute Gasteiger partial charge is 0.457 e. The number of nitrogens with zero attached hydrogens (tertiary/aromatic N) is 4. The van der Waals surface area contributed by atoms with Crippen LogP contribution in [0, 0.1) is 11.3 Å². The lowest BCUT2D eigenvalue weighted by atomic mass is 9.92. The van der Waals surface area contributed by atoms with Crippen molar-refractivity contribution in [3.63, 3.8) is 0 Å². The molecule has 0 atom stereocenters. The van der Waals surface area contributed by atoms with Crippen LogP contribution in [-0.4, -0.2) is 21.3 Å². The topological polar surface area (TPSA) is 73.0 Å². The maximum absolute atomic E-state index is 9.61. The summed E-state index contributed by atoms with van der Waals surface area (Å²) in [5, 5.41) is 11.7. The zero-order chi connectivity index (χ0) is 32.0. The molecule has 0 spiro atoms. The molecule has 9 rings (SSSR count). The number of hydrogen-bond acceptors (Lipinski definition) is 5. The quantitative estimate of drug-likeness (QED) is 0.196. The van der Waals surface area contributed by atoms with Crippen LogP contribution >= 0.6 is 0 Å². The average molecular weight is 619 g/mol. The van der Waals surface area contributed by atoms with Gasteiger partial charge in [-0.3, -0.25) is 9.97 Å². The Morgan fingerprint density at radius 1 is 0.521 bits per heavy atom. The summed E-state index contributed by atoms with van der Waals surface area (Å²) >= 11 is 0. The molecule has 226 valence electrons. The van der Waals surface area contributed by atoms with Crippen LogP contribution in [0.15, 0.2) is 146 Å². The Bertz CT molecular complexity index is 2490. The molecule has 0 amide bonds. The summed E-state index contributed by atoms with van der Waals surface area (Å²) in [6.45, 7) is 0.120. The summed E-state index contributed by atoms with van der Waals surface area (Å²) in [5.41, 5.74) is 12.2. The molecule has 3 aromatic heterocycles. The highest BCUT2D eigenvalue weighted by Crippen LogP contribution is 2.44. The highest BCUT2D eigenvalue weighted by atomic mass is 16.7. The molecular formula is C42H26N4O2. The first-order valence-corrected chi connectivity index (χ1v) is 15.7. The summed E-state index contributed by atoms with van der Waals surface area (Å²) in [6.07, 6.45) is 7.29. The molecule has 0 bridgehead atoms. The zero-order valence-corrected chi connectivity index (χ0v) is 25.7. The van der Waals surface area contributed by atoms with Gasteiger partial charge in [0.05, 0.1) is 22.7 Å². The fraction of sp³-hybridized carbons (Fsp3) is 0.0238. The maximum atomic E-state index is 9.61. The van der Waals surface area contributed by atoms with Crippen molar-refractivity contribution in [3.8, 4) is 67.8 Å². The Morgan fingerprint density at radius 2 is 1.12 bits per heavy atom. The van der Waals surface area contributed by atoms with Crippen molar-refractivity contribution >= 4 is 21.8 Å². The number of pyridine rings is 2. The average Bonchev–Trinajstić information content (AvgIpc) is 3.37. The molecule has 5 aromatic carbocycles. The molecular weight excluding hydrogens is 592 g/mol. The van der Waals surface area contributed by atoms with Crippen molar-refractivity contribution in [2.75, 3.05) is 6.79 Å². The van der Waals surface area contributed by atoms with Gasteiger partial charge in [0.2, 0.25) is 6.79 Å². The molecule has 1 aliphatic heterocycles. The minimum Gasteiger partial charge on any atom is -0.457 e. The van der Waals surface area contributed by atoms with Gasteiger partial charge >= 0.3 is 0 Å². The fourth-order valence-corrected chi connectivity index (χ4v) is 6.73. The van der Waals surface area contributed by atoms with E-state index in [0.717, 1.165) is 83.5 Å². The van der Waals surface area contributed by atoms with E-state index in [1.54, 1.807) is 0 Å². The van der Waals surface area contributed by atoms with E-state index in [4.69, 9.17) is 9.47 Å². The Hall–Kier alpha value is -6.71. The molecule has 0 unspecified atom stereocenters. The predicted molar refractivity (Wildman–Crippen MR) is 189 cm³/mol. The van der Waals surface area contributed by atoms with E-state index in [0.29, 0.717) is 5.56 Å². The lowest BCUT2D eigenvalue weighted by Gasteiger charge is -2.15. The van der Waals surface area contributed by atoms with Crippen LogP contribution in [0.4, 0.5) is 0 Å². The van der Waals surface area contributed by atoms with E-state index >= 15 is 0 Å². The van der Waals surface area contributed by atoms with Gasteiger partial charge < -0.3 is 14.0 Å². The maximum Gasteiger partial charge on any atom is 0.230 e. The van der Waals surface area contributed by atoms with Gasteiger partial charge in [0.25, 0.3) is 0 Å². The number of nitriles is 1. The Morgan fingerprint density at radius 3 is 1.81 bits per heavy atom. The third kappa shape index (κ3) is 4.65. The number of benzene rings is 5. The molecule has 4 heterocycles. The van der Waals surface area contributed by atoms with Gasteiger partial charge in [-0.25, -0.2) is 0 Å². The van der Waals surface area contributed by atoms with Crippen molar-refractivity contribution in [2.24, 2.45) is 0 Å². The summed E-state index contributed by atoms with van der Waals surface area (Å²) < 4.78 is 14.5. The zero-order valence-electron chi connectivity index (χ0n) is 25.7. The van der Waals surface area contributed by atoms with E-state index in [1.807, 2.05) is 91.5 Å². The van der Waals surface area contributed by atoms with Gasteiger partial charge in [0.15, 0.2) is 0 Å². The Labute approximate surface area is 276 Å². The first-order valence-electron chi connectivity index (χ1n) is 15.7. The molecule has 1 aliphatic rings. The molecule has 8 aromatic rings. The van der Waals surface area contributed by atoms with E-state index in [9.17, 15) is 5.26 Å². The second-order valence-corrected chi connectivity index (χ2v) is 11.8. The molecule has 0 aliphatic carbocycles. The number of rotatable bonds is 4. The standard InChI is InChI=1S/C42H26N4O2/c43-25-27-5-8-40-36(19-27)35-3-1-2-4-39(35)46(40)34-7-10-42-38(24-34)37-23-30(6-9-41(37)47-26-48-42)33-21-31(28-11-15-44-16-12-28)20-32(22-33)29-13-17-45-18-14-29/h1-24H,26H2. The summed E-state index contributed by atoms with van der Waals surface area (Å²) in [7, 11) is 0. The molecule has 6 heteroatoms. The second kappa shape index (κ2) is 11.3. The monoisotopic (exact) mass is 618 g/mol. The predicted octanol–water partition coefficient (Wildman–Crippen LogP) is 9.84. The molecule has 0 saturated heterocycles. The highest BCUT2D eigenvalue weighted by Gasteiger charge is 2.21. The van der Waals surface area contributed by atoms with Crippen LogP contribution < -0.4 is 9.47 Å². The van der Waals surface area contributed by atoms with Gasteiger partial charge in [-0.05, 0) is 130 Å². The fourth-order valence-electron chi connectivity index (χ4n) is 6.73. The van der Waals surface area contributed by atoms with E-state index < -0.39 is 0 Å². The summed E-state index contributed by atoms with van der Waals surface area (Å²) in [4.78, 5) is 8.46. The lowest BCUT2D eigenvalue weighted by Crippen LogP contribution is -2.03. The first kappa shape index (κ1) is 27.6. The third-order valence-electron chi connectivity index (χ3n) is 9.02. The number of ether oxygens (including phenoxy) is 2. The molecule has 48 heavy (non-hydrogen) atoms. The van der Waals surface area contributed by atoms with Gasteiger partial charge in [-0.2, -0.15) is 5.26 Å². The van der Waals surface area contributed by atoms with Crippen molar-refractivity contribution in [1.82, 2.24) is 14.5 Å². The SMILES string of the molecule is N#Cc1ccc2c(c1)c1ccccc1n2-c1ccc2c(c1)-c1cc(-c3cc(-c4ccncc4)cc(-c4ccncc4)c3)ccc1OCO2. The van der Waals surface area contributed by atoms with Crippen LogP contribution in [0.2, 0.25) is 0 Å². The van der Waals surface area contributed by atoms with Crippen molar-refractivity contribution in [1.29, 1.82) is 5.26 Å². The van der Waals surface area contributed by atoms with Gasteiger partial charge in [0, 0.05) is 52.4 Å². The number of aromatic nitrogens is 3. The molecule has 0 saturated carbocycles.